The normalized spacial score (nSPS) is 11.9. The van der Waals surface area contributed by atoms with E-state index in [4.69, 9.17) is 0 Å². The molecule has 86 valence electrons. The van der Waals surface area contributed by atoms with Gasteiger partial charge in [0.05, 0.1) is 9.54 Å². The van der Waals surface area contributed by atoms with Crippen molar-refractivity contribution in [2.45, 2.75) is 10.9 Å². The third kappa shape index (κ3) is 2.33. The smallest absolute Gasteiger partial charge is 0.240 e. The Morgan fingerprint density at radius 2 is 2.25 bits per heavy atom. The molecule has 16 heavy (non-hydrogen) atoms. The second-order valence-electron chi connectivity index (χ2n) is 3.13. The summed E-state index contributed by atoms with van der Waals surface area (Å²) in [7, 11) is -1.85. The molecule has 2 aromatic rings. The number of aryl methyl sites for hydroxylation is 1. The molecule has 0 spiro atoms. The van der Waals surface area contributed by atoms with E-state index in [2.05, 4.69) is 26.0 Å². The molecule has 2 aromatic heterocycles. The first-order valence-corrected chi connectivity index (χ1v) is 7.56. The first-order chi connectivity index (χ1) is 7.49. The standard InChI is InChI=1S/C8H8BrN3O2S2/c1-12-8(10-5-11-12)16(13,14)4-6-2-3-7(9)15-6/h2-3,5H,4H2,1H3. The number of hydrogen-bond acceptors (Lipinski definition) is 5. The van der Waals surface area contributed by atoms with Crippen LogP contribution < -0.4 is 0 Å². The van der Waals surface area contributed by atoms with Gasteiger partial charge in [0.2, 0.25) is 15.0 Å². The fraction of sp³-hybridized carbons (Fsp3) is 0.250. The van der Waals surface area contributed by atoms with Gasteiger partial charge in [-0.3, -0.25) is 0 Å². The van der Waals surface area contributed by atoms with E-state index in [9.17, 15) is 8.42 Å². The molecule has 0 saturated heterocycles. The van der Waals surface area contributed by atoms with Gasteiger partial charge in [0, 0.05) is 11.9 Å². The molecule has 2 rings (SSSR count). The van der Waals surface area contributed by atoms with Gasteiger partial charge in [0.1, 0.15) is 6.33 Å². The van der Waals surface area contributed by atoms with Crippen molar-refractivity contribution in [1.82, 2.24) is 14.8 Å². The van der Waals surface area contributed by atoms with Gasteiger partial charge in [-0.1, -0.05) is 0 Å². The van der Waals surface area contributed by atoms with E-state index in [1.54, 1.807) is 13.1 Å². The number of sulfone groups is 1. The zero-order valence-corrected chi connectivity index (χ0v) is 11.5. The van der Waals surface area contributed by atoms with Crippen molar-refractivity contribution in [3.8, 4) is 0 Å². The molecule has 0 amide bonds. The summed E-state index contributed by atoms with van der Waals surface area (Å²) >= 11 is 4.69. The molecule has 0 radical (unpaired) electrons. The van der Waals surface area contributed by atoms with E-state index in [-0.39, 0.29) is 10.9 Å². The van der Waals surface area contributed by atoms with Gasteiger partial charge in [-0.25, -0.2) is 18.1 Å². The second-order valence-corrected chi connectivity index (χ2v) is 7.56. The fourth-order valence-electron chi connectivity index (χ4n) is 1.25. The Morgan fingerprint density at radius 3 is 2.75 bits per heavy atom. The highest BCUT2D eigenvalue weighted by Crippen LogP contribution is 2.25. The van der Waals surface area contributed by atoms with E-state index in [0.717, 1.165) is 8.66 Å². The summed E-state index contributed by atoms with van der Waals surface area (Å²) in [4.78, 5) is 4.52. The molecular formula is C8H8BrN3O2S2. The Bertz CT molecular complexity index is 602. The maximum Gasteiger partial charge on any atom is 0.245 e. The van der Waals surface area contributed by atoms with Crippen LogP contribution in [0.25, 0.3) is 0 Å². The lowest BCUT2D eigenvalue weighted by atomic mass is 10.5. The predicted octanol–water partition coefficient (Wildman–Crippen LogP) is 1.61. The van der Waals surface area contributed by atoms with Crippen molar-refractivity contribution in [2.75, 3.05) is 0 Å². The van der Waals surface area contributed by atoms with Crippen LogP contribution in [0.4, 0.5) is 0 Å². The zero-order valence-electron chi connectivity index (χ0n) is 8.29. The minimum atomic E-state index is -3.41. The Balaban J connectivity index is 2.31. The molecule has 0 unspecified atom stereocenters. The second kappa shape index (κ2) is 4.27. The van der Waals surface area contributed by atoms with Gasteiger partial charge < -0.3 is 0 Å². The van der Waals surface area contributed by atoms with Crippen molar-refractivity contribution < 1.29 is 8.42 Å². The molecule has 0 N–H and O–H groups in total. The van der Waals surface area contributed by atoms with Gasteiger partial charge >= 0.3 is 0 Å². The lowest BCUT2D eigenvalue weighted by molar-refractivity contribution is 0.569. The summed E-state index contributed by atoms with van der Waals surface area (Å²) in [6.45, 7) is 0. The number of rotatable bonds is 3. The Labute approximate surface area is 105 Å². The lowest BCUT2D eigenvalue weighted by Gasteiger charge is -2.00. The van der Waals surface area contributed by atoms with Crippen molar-refractivity contribution in [3.63, 3.8) is 0 Å². The molecule has 0 fully saturated rings. The van der Waals surface area contributed by atoms with E-state index >= 15 is 0 Å². The van der Waals surface area contributed by atoms with E-state index in [1.807, 2.05) is 6.07 Å². The molecule has 0 aromatic carbocycles. The van der Waals surface area contributed by atoms with Gasteiger partial charge in [0.15, 0.2) is 0 Å². The number of aromatic nitrogens is 3. The van der Waals surface area contributed by atoms with Crippen LogP contribution in [0.5, 0.6) is 0 Å². The predicted molar refractivity (Wildman–Crippen MR) is 63.9 cm³/mol. The zero-order chi connectivity index (χ0) is 11.8. The Hall–Kier alpha value is -0.730. The van der Waals surface area contributed by atoms with Crippen LogP contribution in [0.15, 0.2) is 27.4 Å². The third-order valence-electron chi connectivity index (χ3n) is 1.91. The van der Waals surface area contributed by atoms with Crippen molar-refractivity contribution in [2.24, 2.45) is 7.05 Å². The highest BCUT2D eigenvalue weighted by atomic mass is 79.9. The van der Waals surface area contributed by atoms with E-state index < -0.39 is 9.84 Å². The summed E-state index contributed by atoms with van der Waals surface area (Å²) in [5.41, 5.74) is 0. The van der Waals surface area contributed by atoms with Crippen molar-refractivity contribution >= 4 is 37.1 Å². The van der Waals surface area contributed by atoms with Crippen LogP contribution in [0.1, 0.15) is 4.88 Å². The molecule has 0 aliphatic rings. The van der Waals surface area contributed by atoms with E-state index in [1.165, 1.54) is 22.3 Å². The SMILES string of the molecule is Cn1ncnc1S(=O)(=O)Cc1ccc(Br)s1. The Kier molecular flexibility index (Phi) is 3.13. The topological polar surface area (TPSA) is 64.8 Å². The molecule has 0 aliphatic carbocycles. The monoisotopic (exact) mass is 321 g/mol. The average molecular weight is 322 g/mol. The molecule has 8 heteroatoms. The lowest BCUT2D eigenvalue weighted by Crippen LogP contribution is -2.10. The van der Waals surface area contributed by atoms with Gasteiger partial charge in [-0.05, 0) is 28.1 Å². The maximum atomic E-state index is 12.0. The van der Waals surface area contributed by atoms with Crippen molar-refractivity contribution in [1.29, 1.82) is 0 Å². The molecule has 0 atom stereocenters. The minimum Gasteiger partial charge on any atom is -0.240 e. The molecule has 2 heterocycles. The minimum absolute atomic E-state index is 0.00276. The highest BCUT2D eigenvalue weighted by molar-refractivity contribution is 9.11. The summed E-state index contributed by atoms with van der Waals surface area (Å²) in [6, 6.07) is 3.61. The number of nitrogens with zero attached hydrogens (tertiary/aromatic N) is 3. The van der Waals surface area contributed by atoms with Gasteiger partial charge in [-0.2, -0.15) is 5.10 Å². The summed E-state index contributed by atoms with van der Waals surface area (Å²) in [6.07, 6.45) is 1.23. The van der Waals surface area contributed by atoms with Crippen molar-refractivity contribution in [3.05, 3.63) is 27.1 Å². The molecular weight excluding hydrogens is 314 g/mol. The first kappa shape index (κ1) is 11.7. The quantitative estimate of drug-likeness (QED) is 0.861. The number of thiophene rings is 1. The highest BCUT2D eigenvalue weighted by Gasteiger charge is 2.21. The summed E-state index contributed by atoms with van der Waals surface area (Å²) in [5.74, 6) is -0.0458. The molecule has 0 saturated carbocycles. The summed E-state index contributed by atoms with van der Waals surface area (Å²) < 4.78 is 26.1. The van der Waals surface area contributed by atoms with Crippen LogP contribution in [0, 0.1) is 0 Å². The van der Waals surface area contributed by atoms with Crippen LogP contribution in [-0.2, 0) is 22.6 Å². The van der Waals surface area contributed by atoms with Crippen LogP contribution in [-0.4, -0.2) is 23.2 Å². The molecule has 0 aliphatic heterocycles. The Morgan fingerprint density at radius 1 is 1.50 bits per heavy atom. The fourth-order valence-corrected chi connectivity index (χ4v) is 4.49. The largest absolute Gasteiger partial charge is 0.245 e. The average Bonchev–Trinajstić information content (AvgIpc) is 2.74. The van der Waals surface area contributed by atoms with Crippen LogP contribution >= 0.6 is 27.3 Å². The third-order valence-corrected chi connectivity index (χ3v) is 5.33. The molecule has 0 bridgehead atoms. The maximum absolute atomic E-state index is 12.0. The van der Waals surface area contributed by atoms with E-state index in [0.29, 0.717) is 0 Å². The molecule has 5 nitrogen and oxygen atoms in total. The number of halogens is 1. The van der Waals surface area contributed by atoms with Gasteiger partial charge in [0.25, 0.3) is 0 Å². The summed E-state index contributed by atoms with van der Waals surface area (Å²) in [5, 5.41) is 3.75. The van der Waals surface area contributed by atoms with Gasteiger partial charge in [-0.15, -0.1) is 11.3 Å². The number of hydrogen-bond donors (Lipinski definition) is 0. The first-order valence-electron chi connectivity index (χ1n) is 4.30. The van der Waals surface area contributed by atoms with Crippen LogP contribution in [0.2, 0.25) is 0 Å². The van der Waals surface area contributed by atoms with Crippen LogP contribution in [0.3, 0.4) is 0 Å².